The summed E-state index contributed by atoms with van der Waals surface area (Å²) in [5.41, 5.74) is 0. The van der Waals surface area contributed by atoms with Crippen LogP contribution in [0, 0.1) is 5.92 Å². The van der Waals surface area contributed by atoms with Gasteiger partial charge in [0.25, 0.3) is 0 Å². The van der Waals surface area contributed by atoms with E-state index in [0.717, 1.165) is 39.1 Å². The largest absolute Gasteiger partial charge is 0.466 e. The van der Waals surface area contributed by atoms with E-state index >= 15 is 0 Å². The number of ether oxygens (including phenoxy) is 2. The van der Waals surface area contributed by atoms with Gasteiger partial charge in [0, 0.05) is 13.2 Å². The average Bonchev–Trinajstić information content (AvgIpc) is 2.93. The Hall–Kier alpha value is -0.610. The molecule has 2 aliphatic rings. The van der Waals surface area contributed by atoms with Crippen molar-refractivity contribution in [2.75, 3.05) is 32.8 Å². The van der Waals surface area contributed by atoms with Gasteiger partial charge in [-0.3, -0.25) is 4.79 Å². The highest BCUT2D eigenvalue weighted by Crippen LogP contribution is 2.20. The Balaban J connectivity index is 1.64. The van der Waals surface area contributed by atoms with Crippen molar-refractivity contribution in [2.45, 2.75) is 51.6 Å². The van der Waals surface area contributed by atoms with E-state index in [1.807, 2.05) is 6.92 Å². The molecule has 0 aromatic heterocycles. The lowest BCUT2D eigenvalue weighted by atomic mass is 9.98. The van der Waals surface area contributed by atoms with Crippen LogP contribution in [0.25, 0.3) is 0 Å². The van der Waals surface area contributed by atoms with E-state index in [-0.39, 0.29) is 11.9 Å². The number of carbonyl (C=O) groups is 1. The molecule has 0 bridgehead atoms. The molecule has 0 saturated carbocycles. The van der Waals surface area contributed by atoms with Crippen LogP contribution < -0.4 is 0 Å². The lowest BCUT2D eigenvalue weighted by Gasteiger charge is -2.31. The Morgan fingerprint density at radius 1 is 1.37 bits per heavy atom. The first-order chi connectivity index (χ1) is 9.29. The molecule has 2 atom stereocenters. The van der Waals surface area contributed by atoms with Gasteiger partial charge in [-0.05, 0) is 58.5 Å². The molecule has 0 aromatic carbocycles. The summed E-state index contributed by atoms with van der Waals surface area (Å²) in [6.07, 6.45) is 7.39. The lowest BCUT2D eigenvalue weighted by Crippen LogP contribution is -2.40. The second-order valence-corrected chi connectivity index (χ2v) is 5.67. The van der Waals surface area contributed by atoms with Gasteiger partial charge in [0.15, 0.2) is 0 Å². The summed E-state index contributed by atoms with van der Waals surface area (Å²) in [5, 5.41) is 0. The predicted octanol–water partition coefficient (Wildman–Crippen LogP) is 2.22. The van der Waals surface area contributed by atoms with Crippen LogP contribution in [0.4, 0.5) is 0 Å². The third-order valence-electron chi connectivity index (χ3n) is 4.15. The van der Waals surface area contributed by atoms with E-state index in [9.17, 15) is 4.79 Å². The molecule has 4 nitrogen and oxygen atoms in total. The van der Waals surface area contributed by atoms with Crippen LogP contribution in [-0.4, -0.2) is 49.8 Å². The third-order valence-corrected chi connectivity index (χ3v) is 4.15. The molecular weight excluding hydrogens is 242 g/mol. The first-order valence-electron chi connectivity index (χ1n) is 7.80. The Morgan fingerprint density at radius 2 is 2.26 bits per heavy atom. The van der Waals surface area contributed by atoms with Crippen molar-refractivity contribution in [1.29, 1.82) is 0 Å². The molecule has 0 aliphatic carbocycles. The standard InChI is InChI=1S/C15H27NO3/c1-2-18-15(17)13-6-3-9-16(12-13)10-4-7-14-8-5-11-19-14/h13-14H,2-12H2,1H3/t13-,14?/m0/s1. The van der Waals surface area contributed by atoms with Crippen LogP contribution in [0.5, 0.6) is 0 Å². The molecule has 2 saturated heterocycles. The zero-order valence-electron chi connectivity index (χ0n) is 12.1. The van der Waals surface area contributed by atoms with Crippen LogP contribution >= 0.6 is 0 Å². The average molecular weight is 269 g/mol. The smallest absolute Gasteiger partial charge is 0.310 e. The minimum Gasteiger partial charge on any atom is -0.466 e. The molecule has 0 aromatic rings. The van der Waals surface area contributed by atoms with Crippen LogP contribution in [0.1, 0.15) is 45.4 Å². The van der Waals surface area contributed by atoms with Crippen molar-refractivity contribution in [3.8, 4) is 0 Å². The summed E-state index contributed by atoms with van der Waals surface area (Å²) in [4.78, 5) is 14.2. The van der Waals surface area contributed by atoms with Crippen LogP contribution in [0.15, 0.2) is 0 Å². The zero-order valence-corrected chi connectivity index (χ0v) is 12.1. The fourth-order valence-corrected chi connectivity index (χ4v) is 3.13. The number of nitrogens with zero attached hydrogens (tertiary/aromatic N) is 1. The number of likely N-dealkylation sites (tertiary alicyclic amines) is 1. The molecule has 0 amide bonds. The molecule has 1 unspecified atom stereocenters. The Labute approximate surface area is 116 Å². The van der Waals surface area contributed by atoms with Gasteiger partial charge in [0.1, 0.15) is 0 Å². The molecule has 19 heavy (non-hydrogen) atoms. The van der Waals surface area contributed by atoms with Crippen molar-refractivity contribution in [3.63, 3.8) is 0 Å². The molecule has 2 aliphatic heterocycles. The Kier molecular flexibility index (Phi) is 6.11. The fourth-order valence-electron chi connectivity index (χ4n) is 3.13. The summed E-state index contributed by atoms with van der Waals surface area (Å²) < 4.78 is 10.8. The SMILES string of the molecule is CCOC(=O)[C@H]1CCCN(CCCC2CCCO2)C1. The summed E-state index contributed by atoms with van der Waals surface area (Å²) in [7, 11) is 0. The number of piperidine rings is 1. The van der Waals surface area contributed by atoms with Crippen molar-refractivity contribution in [3.05, 3.63) is 0 Å². The molecule has 110 valence electrons. The summed E-state index contributed by atoms with van der Waals surface area (Å²) in [6.45, 7) is 6.41. The minimum absolute atomic E-state index is 0.00803. The van der Waals surface area contributed by atoms with Crippen LogP contribution in [-0.2, 0) is 14.3 Å². The van der Waals surface area contributed by atoms with Gasteiger partial charge in [-0.15, -0.1) is 0 Å². The van der Waals surface area contributed by atoms with Gasteiger partial charge in [-0.25, -0.2) is 0 Å². The Morgan fingerprint density at radius 3 is 3.00 bits per heavy atom. The van der Waals surface area contributed by atoms with Crippen LogP contribution in [0.3, 0.4) is 0 Å². The second-order valence-electron chi connectivity index (χ2n) is 5.67. The van der Waals surface area contributed by atoms with E-state index in [4.69, 9.17) is 9.47 Å². The highest BCUT2D eigenvalue weighted by molar-refractivity contribution is 5.72. The molecule has 0 spiro atoms. The second kappa shape index (κ2) is 7.85. The molecule has 2 heterocycles. The van der Waals surface area contributed by atoms with Crippen molar-refractivity contribution >= 4 is 5.97 Å². The molecule has 0 radical (unpaired) electrons. The Bertz CT molecular complexity index is 277. The maximum Gasteiger partial charge on any atom is 0.310 e. The van der Waals surface area contributed by atoms with Gasteiger partial charge in [0.05, 0.1) is 18.6 Å². The van der Waals surface area contributed by atoms with E-state index in [1.54, 1.807) is 0 Å². The molecule has 0 N–H and O–H groups in total. The molecule has 2 rings (SSSR count). The summed E-state index contributed by atoms with van der Waals surface area (Å²) in [5.74, 6) is 0.0859. The summed E-state index contributed by atoms with van der Waals surface area (Å²) in [6, 6.07) is 0. The van der Waals surface area contributed by atoms with Gasteiger partial charge in [-0.2, -0.15) is 0 Å². The number of esters is 1. The number of hydrogen-bond acceptors (Lipinski definition) is 4. The number of carbonyl (C=O) groups excluding carboxylic acids is 1. The lowest BCUT2D eigenvalue weighted by molar-refractivity contribution is -0.149. The molecule has 2 fully saturated rings. The third kappa shape index (κ3) is 4.77. The first-order valence-corrected chi connectivity index (χ1v) is 7.80. The van der Waals surface area contributed by atoms with Gasteiger partial charge in [0.2, 0.25) is 0 Å². The van der Waals surface area contributed by atoms with Gasteiger partial charge >= 0.3 is 5.97 Å². The van der Waals surface area contributed by atoms with Crippen molar-refractivity contribution < 1.29 is 14.3 Å². The normalized spacial score (nSPS) is 28.5. The minimum atomic E-state index is -0.00803. The van der Waals surface area contributed by atoms with E-state index in [0.29, 0.717) is 12.7 Å². The van der Waals surface area contributed by atoms with Crippen molar-refractivity contribution in [1.82, 2.24) is 4.90 Å². The molecular formula is C15H27NO3. The predicted molar refractivity (Wildman–Crippen MR) is 74.0 cm³/mol. The highest BCUT2D eigenvalue weighted by atomic mass is 16.5. The first kappa shape index (κ1) is 14.8. The summed E-state index contributed by atoms with van der Waals surface area (Å²) >= 11 is 0. The fraction of sp³-hybridized carbons (Fsp3) is 0.933. The highest BCUT2D eigenvalue weighted by Gasteiger charge is 2.26. The maximum absolute atomic E-state index is 11.8. The monoisotopic (exact) mass is 269 g/mol. The van der Waals surface area contributed by atoms with Crippen LogP contribution in [0.2, 0.25) is 0 Å². The quantitative estimate of drug-likeness (QED) is 0.693. The van der Waals surface area contributed by atoms with E-state index in [1.165, 1.54) is 25.7 Å². The van der Waals surface area contributed by atoms with Gasteiger partial charge < -0.3 is 14.4 Å². The van der Waals surface area contributed by atoms with E-state index < -0.39 is 0 Å². The zero-order chi connectivity index (χ0) is 13.5. The maximum atomic E-state index is 11.8. The molecule has 4 heteroatoms. The number of hydrogen-bond donors (Lipinski definition) is 0. The van der Waals surface area contributed by atoms with E-state index in [2.05, 4.69) is 4.90 Å². The number of rotatable bonds is 6. The van der Waals surface area contributed by atoms with Gasteiger partial charge in [-0.1, -0.05) is 0 Å². The van der Waals surface area contributed by atoms with Crippen molar-refractivity contribution in [2.24, 2.45) is 5.92 Å². The topological polar surface area (TPSA) is 38.8 Å².